The molecule has 0 unspecified atom stereocenters. The molecule has 4 heteroatoms. The van der Waals surface area contributed by atoms with E-state index in [9.17, 15) is 0 Å². The molecule has 0 aliphatic heterocycles. The molecule has 1 aromatic heterocycles. The van der Waals surface area contributed by atoms with Gasteiger partial charge in [0.2, 0.25) is 5.88 Å². The van der Waals surface area contributed by atoms with Crippen molar-refractivity contribution in [2.75, 3.05) is 6.61 Å². The Kier molecular flexibility index (Phi) is 4.97. The van der Waals surface area contributed by atoms with Crippen molar-refractivity contribution >= 4 is 10.8 Å². The number of aromatic nitrogens is 2. The maximum absolute atomic E-state index is 6.05. The van der Waals surface area contributed by atoms with E-state index in [-0.39, 0.29) is 0 Å². The number of fused-ring (bicyclic) bond motifs is 1. The summed E-state index contributed by atoms with van der Waals surface area (Å²) in [7, 11) is 0. The molecule has 27 heavy (non-hydrogen) atoms. The summed E-state index contributed by atoms with van der Waals surface area (Å²) in [5.41, 5.74) is 1.88. The van der Waals surface area contributed by atoms with Crippen molar-refractivity contribution in [3.63, 3.8) is 0 Å². The van der Waals surface area contributed by atoms with Crippen LogP contribution in [0.4, 0.5) is 0 Å². The van der Waals surface area contributed by atoms with Crippen LogP contribution in [0.3, 0.4) is 0 Å². The zero-order chi connectivity index (χ0) is 18.5. The van der Waals surface area contributed by atoms with Crippen LogP contribution in [-0.4, -0.2) is 16.8 Å². The zero-order valence-corrected chi connectivity index (χ0v) is 15.1. The third-order valence-corrected chi connectivity index (χ3v) is 4.19. The molecule has 0 aliphatic rings. The Labute approximate surface area is 158 Å². The smallest absolute Gasteiger partial charge is 0.246 e. The lowest BCUT2D eigenvalue weighted by atomic mass is 10.1. The van der Waals surface area contributed by atoms with Crippen molar-refractivity contribution in [2.45, 2.75) is 13.3 Å². The summed E-state index contributed by atoms with van der Waals surface area (Å²) in [4.78, 5) is 0. The first-order valence-corrected chi connectivity index (χ1v) is 9.06. The predicted octanol–water partition coefficient (Wildman–Crippen LogP) is 5.88. The van der Waals surface area contributed by atoms with Crippen molar-refractivity contribution in [2.24, 2.45) is 0 Å². The maximum atomic E-state index is 6.05. The van der Waals surface area contributed by atoms with Gasteiger partial charge < -0.3 is 9.47 Å². The second-order valence-corrected chi connectivity index (χ2v) is 6.19. The van der Waals surface area contributed by atoms with Crippen LogP contribution in [0.25, 0.3) is 22.0 Å². The molecule has 4 nitrogen and oxygen atoms in total. The van der Waals surface area contributed by atoms with Crippen LogP contribution >= 0.6 is 0 Å². The van der Waals surface area contributed by atoms with Crippen LogP contribution in [0, 0.1) is 0 Å². The highest BCUT2D eigenvalue weighted by atomic mass is 16.5. The fourth-order valence-electron chi connectivity index (χ4n) is 2.92. The van der Waals surface area contributed by atoms with E-state index in [0.29, 0.717) is 18.2 Å². The molecule has 0 saturated carbocycles. The molecule has 0 spiro atoms. The first-order valence-electron chi connectivity index (χ1n) is 9.06. The van der Waals surface area contributed by atoms with Crippen LogP contribution in [0.5, 0.6) is 17.4 Å². The lowest BCUT2D eigenvalue weighted by Gasteiger charge is -2.11. The summed E-state index contributed by atoms with van der Waals surface area (Å²) < 4.78 is 11.7. The van der Waals surface area contributed by atoms with Crippen molar-refractivity contribution in [1.82, 2.24) is 10.2 Å². The monoisotopic (exact) mass is 356 g/mol. The number of rotatable bonds is 6. The Hall–Kier alpha value is -3.40. The SMILES string of the molecule is CCCOc1cccc(Oc2nnc(-c3ccccc3)c3ccccc23)c1. The summed E-state index contributed by atoms with van der Waals surface area (Å²) in [5, 5.41) is 10.7. The van der Waals surface area contributed by atoms with Crippen LogP contribution in [-0.2, 0) is 0 Å². The maximum Gasteiger partial charge on any atom is 0.246 e. The lowest BCUT2D eigenvalue weighted by Crippen LogP contribution is -1.97. The van der Waals surface area contributed by atoms with Gasteiger partial charge in [-0.3, -0.25) is 0 Å². The number of hydrogen-bond donors (Lipinski definition) is 0. The quantitative estimate of drug-likeness (QED) is 0.433. The van der Waals surface area contributed by atoms with Crippen molar-refractivity contribution in [3.05, 3.63) is 78.9 Å². The minimum atomic E-state index is 0.484. The van der Waals surface area contributed by atoms with Crippen LogP contribution in [0.2, 0.25) is 0 Å². The Morgan fingerprint density at radius 2 is 1.48 bits per heavy atom. The van der Waals surface area contributed by atoms with Gasteiger partial charge in [0.05, 0.1) is 6.61 Å². The van der Waals surface area contributed by atoms with Gasteiger partial charge in [0.25, 0.3) is 0 Å². The molecular formula is C23H20N2O2. The summed E-state index contributed by atoms with van der Waals surface area (Å²) in [6, 6.07) is 25.7. The molecule has 134 valence electrons. The first kappa shape index (κ1) is 17.0. The normalized spacial score (nSPS) is 10.7. The van der Waals surface area contributed by atoms with Gasteiger partial charge in [-0.1, -0.05) is 61.5 Å². The lowest BCUT2D eigenvalue weighted by molar-refractivity contribution is 0.315. The van der Waals surface area contributed by atoms with Gasteiger partial charge in [0.1, 0.15) is 17.2 Å². The van der Waals surface area contributed by atoms with E-state index in [1.165, 1.54) is 0 Å². The largest absolute Gasteiger partial charge is 0.493 e. The standard InChI is InChI=1S/C23H20N2O2/c1-2-15-26-18-11-8-12-19(16-18)27-23-21-14-7-6-13-20(21)22(24-25-23)17-9-4-3-5-10-17/h3-14,16H,2,15H2,1H3. The first-order chi connectivity index (χ1) is 13.3. The molecule has 4 aromatic rings. The Balaban J connectivity index is 1.72. The summed E-state index contributed by atoms with van der Waals surface area (Å²) in [5.74, 6) is 1.95. The van der Waals surface area contributed by atoms with Gasteiger partial charge in [0.15, 0.2) is 0 Å². The van der Waals surface area contributed by atoms with E-state index in [1.807, 2.05) is 78.9 Å². The Morgan fingerprint density at radius 3 is 2.30 bits per heavy atom. The molecule has 0 fully saturated rings. The predicted molar refractivity (Wildman–Crippen MR) is 107 cm³/mol. The average Bonchev–Trinajstić information content (AvgIpc) is 2.73. The topological polar surface area (TPSA) is 44.2 Å². The Bertz CT molecular complexity index is 1050. The molecule has 3 aromatic carbocycles. The van der Waals surface area contributed by atoms with Crippen LogP contribution < -0.4 is 9.47 Å². The number of ether oxygens (including phenoxy) is 2. The summed E-state index contributed by atoms with van der Waals surface area (Å²) in [6.45, 7) is 2.76. The van der Waals surface area contributed by atoms with Gasteiger partial charge in [-0.2, -0.15) is 0 Å². The van der Waals surface area contributed by atoms with E-state index in [4.69, 9.17) is 9.47 Å². The van der Waals surface area contributed by atoms with Gasteiger partial charge in [-0.15, -0.1) is 10.2 Å². The second kappa shape index (κ2) is 7.87. The van der Waals surface area contributed by atoms with E-state index >= 15 is 0 Å². The molecule has 0 aliphatic carbocycles. The highest BCUT2D eigenvalue weighted by Crippen LogP contribution is 2.33. The van der Waals surface area contributed by atoms with Crippen molar-refractivity contribution in [1.29, 1.82) is 0 Å². The van der Waals surface area contributed by atoms with E-state index in [0.717, 1.165) is 34.2 Å². The number of hydrogen-bond acceptors (Lipinski definition) is 4. The fraction of sp³-hybridized carbons (Fsp3) is 0.130. The Morgan fingerprint density at radius 1 is 0.741 bits per heavy atom. The van der Waals surface area contributed by atoms with E-state index in [2.05, 4.69) is 17.1 Å². The van der Waals surface area contributed by atoms with Crippen LogP contribution in [0.1, 0.15) is 13.3 Å². The van der Waals surface area contributed by atoms with E-state index in [1.54, 1.807) is 0 Å². The fourth-order valence-corrected chi connectivity index (χ4v) is 2.92. The minimum absolute atomic E-state index is 0.484. The molecule has 0 saturated heterocycles. The third kappa shape index (κ3) is 3.75. The highest BCUT2D eigenvalue weighted by Gasteiger charge is 2.12. The minimum Gasteiger partial charge on any atom is -0.493 e. The molecule has 1 heterocycles. The van der Waals surface area contributed by atoms with Gasteiger partial charge in [0, 0.05) is 22.4 Å². The highest BCUT2D eigenvalue weighted by molar-refractivity contribution is 5.97. The number of benzene rings is 3. The molecule has 4 rings (SSSR count). The molecule has 0 radical (unpaired) electrons. The molecule has 0 N–H and O–H groups in total. The second-order valence-electron chi connectivity index (χ2n) is 6.19. The van der Waals surface area contributed by atoms with Crippen molar-refractivity contribution < 1.29 is 9.47 Å². The third-order valence-electron chi connectivity index (χ3n) is 4.19. The average molecular weight is 356 g/mol. The zero-order valence-electron chi connectivity index (χ0n) is 15.1. The molecule has 0 bridgehead atoms. The van der Waals surface area contributed by atoms with Gasteiger partial charge in [-0.25, -0.2) is 0 Å². The van der Waals surface area contributed by atoms with Crippen LogP contribution in [0.15, 0.2) is 78.9 Å². The summed E-state index contributed by atoms with van der Waals surface area (Å²) >= 11 is 0. The molecule has 0 amide bonds. The van der Waals surface area contributed by atoms with E-state index < -0.39 is 0 Å². The molecular weight excluding hydrogens is 336 g/mol. The van der Waals surface area contributed by atoms with Crippen molar-refractivity contribution in [3.8, 4) is 28.6 Å². The van der Waals surface area contributed by atoms with Gasteiger partial charge in [-0.05, 0) is 24.6 Å². The number of nitrogens with zero attached hydrogens (tertiary/aromatic N) is 2. The van der Waals surface area contributed by atoms with Gasteiger partial charge >= 0.3 is 0 Å². The molecule has 0 atom stereocenters. The summed E-state index contributed by atoms with van der Waals surface area (Å²) in [6.07, 6.45) is 0.960.